The predicted octanol–water partition coefficient (Wildman–Crippen LogP) is 2.55. The highest BCUT2D eigenvalue weighted by molar-refractivity contribution is 7.91. The fourth-order valence-corrected chi connectivity index (χ4v) is 5.77. The van der Waals surface area contributed by atoms with Crippen molar-refractivity contribution in [2.45, 2.75) is 32.7 Å². The van der Waals surface area contributed by atoms with Crippen LogP contribution in [0.1, 0.15) is 35.1 Å². The van der Waals surface area contributed by atoms with Gasteiger partial charge in [-0.1, -0.05) is 13.0 Å². The molecular weight excluding hydrogens is 358 g/mol. The highest BCUT2D eigenvalue weighted by Crippen LogP contribution is 2.29. The Morgan fingerprint density at radius 1 is 1.40 bits per heavy atom. The van der Waals surface area contributed by atoms with Crippen LogP contribution >= 0.6 is 11.3 Å². The number of aromatic nitrogens is 2. The third-order valence-corrected chi connectivity index (χ3v) is 7.17. The molecule has 1 unspecified atom stereocenters. The number of carbonyl (C=O) groups is 1. The fraction of sp³-hybridized carbons (Fsp3) is 0.471. The van der Waals surface area contributed by atoms with Gasteiger partial charge in [0.2, 0.25) is 0 Å². The van der Waals surface area contributed by atoms with Gasteiger partial charge >= 0.3 is 0 Å². The van der Waals surface area contributed by atoms with Gasteiger partial charge in [-0.05, 0) is 31.9 Å². The van der Waals surface area contributed by atoms with Crippen molar-refractivity contribution in [1.29, 1.82) is 0 Å². The molecule has 134 valence electrons. The Bertz CT molecular complexity index is 863. The number of sulfone groups is 1. The summed E-state index contributed by atoms with van der Waals surface area (Å²) in [7, 11) is -3.04. The number of nitrogens with zero attached hydrogens (tertiary/aromatic N) is 3. The minimum absolute atomic E-state index is 0.0592. The molecular formula is C17H21N3O3S2. The number of amides is 1. The Morgan fingerprint density at radius 2 is 2.20 bits per heavy atom. The maximum Gasteiger partial charge on any atom is 0.266 e. The van der Waals surface area contributed by atoms with Crippen LogP contribution in [0.15, 0.2) is 24.4 Å². The van der Waals surface area contributed by atoms with Crippen LogP contribution < -0.4 is 0 Å². The van der Waals surface area contributed by atoms with Crippen molar-refractivity contribution in [2.24, 2.45) is 0 Å². The highest BCUT2D eigenvalue weighted by Gasteiger charge is 2.35. The molecule has 0 aliphatic carbocycles. The van der Waals surface area contributed by atoms with E-state index in [2.05, 4.69) is 9.97 Å². The van der Waals surface area contributed by atoms with Crippen molar-refractivity contribution >= 4 is 27.1 Å². The van der Waals surface area contributed by atoms with Gasteiger partial charge in [0.1, 0.15) is 9.88 Å². The van der Waals surface area contributed by atoms with E-state index in [1.807, 2.05) is 32.0 Å². The van der Waals surface area contributed by atoms with E-state index >= 15 is 0 Å². The molecule has 0 aromatic carbocycles. The summed E-state index contributed by atoms with van der Waals surface area (Å²) < 4.78 is 23.6. The summed E-state index contributed by atoms with van der Waals surface area (Å²) in [6, 6.07) is 5.34. The van der Waals surface area contributed by atoms with E-state index in [4.69, 9.17) is 0 Å². The normalized spacial score (nSPS) is 19.0. The van der Waals surface area contributed by atoms with E-state index < -0.39 is 9.84 Å². The van der Waals surface area contributed by atoms with Gasteiger partial charge in [-0.25, -0.2) is 13.4 Å². The number of rotatable bonds is 5. The van der Waals surface area contributed by atoms with Gasteiger partial charge in [0, 0.05) is 18.8 Å². The average molecular weight is 380 g/mol. The summed E-state index contributed by atoms with van der Waals surface area (Å²) >= 11 is 1.32. The molecule has 3 rings (SSSR count). The molecule has 6 nitrogen and oxygen atoms in total. The Hall–Kier alpha value is -1.80. The van der Waals surface area contributed by atoms with E-state index in [1.54, 1.807) is 11.1 Å². The second kappa shape index (κ2) is 7.21. The first-order chi connectivity index (χ1) is 11.9. The Labute approximate surface area is 151 Å². The molecule has 0 saturated carbocycles. The number of aryl methyl sites for hydroxylation is 1. The number of carbonyl (C=O) groups excluding carboxylic acids is 1. The Morgan fingerprint density at radius 3 is 2.80 bits per heavy atom. The van der Waals surface area contributed by atoms with E-state index in [1.165, 1.54) is 11.3 Å². The summed E-state index contributed by atoms with van der Waals surface area (Å²) in [5.74, 6) is 0.0940. The molecule has 1 atom stereocenters. The number of hydrogen-bond donors (Lipinski definition) is 0. The lowest BCUT2D eigenvalue weighted by Crippen LogP contribution is -2.41. The van der Waals surface area contributed by atoms with Crippen molar-refractivity contribution < 1.29 is 13.2 Å². The van der Waals surface area contributed by atoms with Crippen molar-refractivity contribution in [3.05, 3.63) is 35.0 Å². The molecule has 3 heterocycles. The van der Waals surface area contributed by atoms with E-state index in [-0.39, 0.29) is 23.5 Å². The lowest BCUT2D eigenvalue weighted by atomic mass is 10.2. The standard InChI is InChI=1S/C17H21N3O3S2/c1-3-9-20(13-7-10-25(22,23)11-13)17(21)15-12(2)19-16(24-15)14-6-4-5-8-18-14/h4-6,8,13H,3,7,9-11H2,1-2H3. The molecule has 2 aromatic heterocycles. The molecule has 1 aliphatic rings. The van der Waals surface area contributed by atoms with Gasteiger partial charge in [-0.2, -0.15) is 0 Å². The number of pyridine rings is 1. The lowest BCUT2D eigenvalue weighted by molar-refractivity contribution is 0.0701. The van der Waals surface area contributed by atoms with Crippen LogP contribution in [0.3, 0.4) is 0 Å². The molecule has 0 bridgehead atoms. The van der Waals surface area contributed by atoms with Crippen LogP contribution in [0.2, 0.25) is 0 Å². The van der Waals surface area contributed by atoms with Crippen LogP contribution in [0.4, 0.5) is 0 Å². The third-order valence-electron chi connectivity index (χ3n) is 4.25. The van der Waals surface area contributed by atoms with Gasteiger partial charge in [-0.3, -0.25) is 9.78 Å². The first-order valence-electron chi connectivity index (χ1n) is 8.31. The monoisotopic (exact) mass is 379 g/mol. The van der Waals surface area contributed by atoms with E-state index in [0.717, 1.165) is 12.1 Å². The summed E-state index contributed by atoms with van der Waals surface area (Å²) in [5, 5.41) is 0.706. The van der Waals surface area contributed by atoms with Gasteiger partial charge in [-0.15, -0.1) is 11.3 Å². The molecule has 1 fully saturated rings. The van der Waals surface area contributed by atoms with Crippen LogP contribution in [-0.4, -0.2) is 53.3 Å². The van der Waals surface area contributed by atoms with Gasteiger partial charge in [0.25, 0.3) is 5.91 Å². The van der Waals surface area contributed by atoms with Crippen LogP contribution in [0.5, 0.6) is 0 Å². The molecule has 8 heteroatoms. The Balaban J connectivity index is 1.89. The van der Waals surface area contributed by atoms with Crippen LogP contribution in [-0.2, 0) is 9.84 Å². The third kappa shape index (κ3) is 3.90. The quantitative estimate of drug-likeness (QED) is 0.797. The fourth-order valence-electron chi connectivity index (χ4n) is 3.04. The second-order valence-electron chi connectivity index (χ2n) is 6.20. The maximum absolute atomic E-state index is 13.1. The smallest absolute Gasteiger partial charge is 0.266 e. The highest BCUT2D eigenvalue weighted by atomic mass is 32.2. The number of hydrogen-bond acceptors (Lipinski definition) is 6. The minimum atomic E-state index is -3.04. The molecule has 1 aliphatic heterocycles. The summed E-state index contributed by atoms with van der Waals surface area (Å²) in [4.78, 5) is 24.1. The maximum atomic E-state index is 13.1. The van der Waals surface area contributed by atoms with Crippen molar-refractivity contribution in [1.82, 2.24) is 14.9 Å². The first kappa shape index (κ1) is 18.0. The van der Waals surface area contributed by atoms with Crippen molar-refractivity contribution in [3.8, 4) is 10.7 Å². The zero-order chi connectivity index (χ0) is 18.0. The molecule has 1 saturated heterocycles. The zero-order valence-corrected chi connectivity index (χ0v) is 15.9. The summed E-state index contributed by atoms with van der Waals surface area (Å²) in [6.45, 7) is 4.35. The molecule has 1 amide bonds. The van der Waals surface area contributed by atoms with Crippen molar-refractivity contribution in [3.63, 3.8) is 0 Å². The number of thiazole rings is 1. The minimum Gasteiger partial charge on any atom is -0.334 e. The summed E-state index contributed by atoms with van der Waals surface area (Å²) in [6.07, 6.45) is 2.99. The van der Waals surface area contributed by atoms with Gasteiger partial charge in [0.15, 0.2) is 9.84 Å². The lowest BCUT2D eigenvalue weighted by Gasteiger charge is -2.27. The molecule has 0 N–H and O–H groups in total. The first-order valence-corrected chi connectivity index (χ1v) is 11.0. The SMILES string of the molecule is CCCN(C(=O)c1sc(-c2ccccn2)nc1C)C1CCS(=O)(=O)C1. The Kier molecular flexibility index (Phi) is 5.19. The zero-order valence-electron chi connectivity index (χ0n) is 14.3. The molecule has 0 radical (unpaired) electrons. The topological polar surface area (TPSA) is 80.2 Å². The van der Waals surface area contributed by atoms with E-state index in [0.29, 0.717) is 28.5 Å². The average Bonchev–Trinajstić information content (AvgIpc) is 3.15. The molecule has 25 heavy (non-hydrogen) atoms. The molecule has 0 spiro atoms. The summed E-state index contributed by atoms with van der Waals surface area (Å²) in [5.41, 5.74) is 1.40. The molecule has 2 aromatic rings. The van der Waals surface area contributed by atoms with Crippen molar-refractivity contribution in [2.75, 3.05) is 18.1 Å². The van der Waals surface area contributed by atoms with E-state index in [9.17, 15) is 13.2 Å². The van der Waals surface area contributed by atoms with Crippen LogP contribution in [0.25, 0.3) is 10.7 Å². The second-order valence-corrected chi connectivity index (χ2v) is 9.43. The van der Waals surface area contributed by atoms with Gasteiger partial charge in [0.05, 0.1) is 22.9 Å². The van der Waals surface area contributed by atoms with Gasteiger partial charge < -0.3 is 4.90 Å². The van der Waals surface area contributed by atoms with Crippen LogP contribution in [0, 0.1) is 6.92 Å². The largest absolute Gasteiger partial charge is 0.334 e. The predicted molar refractivity (Wildman–Crippen MR) is 98.5 cm³/mol.